The number of rotatable bonds is 3. The highest BCUT2D eigenvalue weighted by atomic mass is 16.1. The molecule has 0 radical (unpaired) electrons. The first kappa shape index (κ1) is 11.1. The highest BCUT2D eigenvalue weighted by molar-refractivity contribution is 5.76. The van der Waals surface area contributed by atoms with E-state index in [1.54, 1.807) is 0 Å². The molecule has 0 aromatic rings. The van der Waals surface area contributed by atoms with Crippen LogP contribution in [0, 0.1) is 12.3 Å². The quantitative estimate of drug-likeness (QED) is 0.648. The van der Waals surface area contributed by atoms with Crippen LogP contribution in [0.25, 0.3) is 0 Å². The average Bonchev–Trinajstić information content (AvgIpc) is 2.18. The van der Waals surface area contributed by atoms with E-state index >= 15 is 0 Å². The van der Waals surface area contributed by atoms with E-state index in [1.165, 1.54) is 0 Å². The van der Waals surface area contributed by atoms with Crippen LogP contribution < -0.4 is 10.6 Å². The maximum atomic E-state index is 11.4. The number of piperidine rings is 1. The number of hydrogen-bond acceptors (Lipinski definition) is 2. The number of carbonyl (C=O) groups is 1. The van der Waals surface area contributed by atoms with Crippen molar-refractivity contribution in [2.75, 3.05) is 6.54 Å². The van der Waals surface area contributed by atoms with Crippen molar-refractivity contribution in [2.45, 2.75) is 44.7 Å². The van der Waals surface area contributed by atoms with Crippen LogP contribution in [0.1, 0.15) is 32.6 Å². The minimum atomic E-state index is 0.0727. The van der Waals surface area contributed by atoms with Crippen LogP contribution in [0.2, 0.25) is 0 Å². The second-order valence-corrected chi connectivity index (χ2v) is 3.76. The Balaban J connectivity index is 2.28. The smallest absolute Gasteiger partial charge is 0.221 e. The van der Waals surface area contributed by atoms with Gasteiger partial charge in [-0.1, -0.05) is 0 Å². The highest BCUT2D eigenvalue weighted by Gasteiger charge is 2.21. The molecule has 3 heteroatoms. The van der Waals surface area contributed by atoms with Crippen molar-refractivity contribution < 1.29 is 4.79 Å². The molecular formula is C11H18N2O. The van der Waals surface area contributed by atoms with Gasteiger partial charge >= 0.3 is 0 Å². The predicted octanol–water partition coefficient (Wildman–Crippen LogP) is 0.656. The minimum Gasteiger partial charge on any atom is -0.352 e. The van der Waals surface area contributed by atoms with Crippen LogP contribution in [0.15, 0.2) is 0 Å². The molecule has 14 heavy (non-hydrogen) atoms. The van der Waals surface area contributed by atoms with E-state index < -0.39 is 0 Å². The number of nitrogens with one attached hydrogen (secondary N) is 2. The maximum absolute atomic E-state index is 11.4. The molecule has 0 unspecified atom stereocenters. The molecule has 2 atom stereocenters. The van der Waals surface area contributed by atoms with E-state index in [2.05, 4.69) is 23.5 Å². The molecule has 0 aromatic heterocycles. The summed E-state index contributed by atoms with van der Waals surface area (Å²) in [5, 5.41) is 6.34. The van der Waals surface area contributed by atoms with Crippen LogP contribution in [0.3, 0.4) is 0 Å². The first-order valence-corrected chi connectivity index (χ1v) is 5.20. The third-order valence-electron chi connectivity index (χ3n) is 2.60. The van der Waals surface area contributed by atoms with Gasteiger partial charge in [-0.2, -0.15) is 0 Å². The molecule has 0 aliphatic carbocycles. The molecule has 1 aliphatic heterocycles. The van der Waals surface area contributed by atoms with Crippen LogP contribution in [-0.4, -0.2) is 24.5 Å². The summed E-state index contributed by atoms with van der Waals surface area (Å²) in [6.45, 7) is 3.16. The summed E-state index contributed by atoms with van der Waals surface area (Å²) < 4.78 is 0. The Morgan fingerprint density at radius 1 is 1.71 bits per heavy atom. The van der Waals surface area contributed by atoms with Crippen molar-refractivity contribution in [1.29, 1.82) is 0 Å². The van der Waals surface area contributed by atoms with Gasteiger partial charge in [-0.3, -0.25) is 4.79 Å². The number of terminal acetylenes is 1. The summed E-state index contributed by atoms with van der Waals surface area (Å²) in [6, 6.07) is 0.646. The first-order valence-electron chi connectivity index (χ1n) is 5.20. The second-order valence-electron chi connectivity index (χ2n) is 3.76. The Labute approximate surface area is 85.6 Å². The average molecular weight is 194 g/mol. The lowest BCUT2D eigenvalue weighted by molar-refractivity contribution is -0.122. The van der Waals surface area contributed by atoms with Gasteiger partial charge in [-0.15, -0.1) is 12.3 Å². The summed E-state index contributed by atoms with van der Waals surface area (Å²) in [5.41, 5.74) is 0. The van der Waals surface area contributed by atoms with Crippen LogP contribution in [-0.2, 0) is 4.79 Å². The topological polar surface area (TPSA) is 41.1 Å². The lowest BCUT2D eigenvalue weighted by atomic mass is 10.00. The van der Waals surface area contributed by atoms with Gasteiger partial charge in [0.05, 0.1) is 0 Å². The van der Waals surface area contributed by atoms with E-state index in [0.717, 1.165) is 19.4 Å². The highest BCUT2D eigenvalue weighted by Crippen LogP contribution is 2.08. The monoisotopic (exact) mass is 194 g/mol. The molecule has 1 heterocycles. The summed E-state index contributed by atoms with van der Waals surface area (Å²) in [5.74, 6) is 2.54. The predicted molar refractivity (Wildman–Crippen MR) is 56.7 cm³/mol. The molecular weight excluding hydrogens is 176 g/mol. The van der Waals surface area contributed by atoms with Crippen LogP contribution >= 0.6 is 0 Å². The van der Waals surface area contributed by atoms with E-state index in [1.807, 2.05) is 0 Å². The lowest BCUT2D eigenvalue weighted by Crippen LogP contribution is -2.51. The normalized spacial score (nSPS) is 26.6. The van der Waals surface area contributed by atoms with Gasteiger partial charge in [-0.05, 0) is 26.3 Å². The van der Waals surface area contributed by atoms with Crippen LogP contribution in [0.4, 0.5) is 0 Å². The van der Waals surface area contributed by atoms with Crippen molar-refractivity contribution in [3.8, 4) is 12.3 Å². The Bertz CT molecular complexity index is 232. The maximum Gasteiger partial charge on any atom is 0.221 e. The number of carbonyl (C=O) groups excluding carboxylic acids is 1. The third-order valence-corrected chi connectivity index (χ3v) is 2.60. The molecule has 78 valence electrons. The molecule has 2 N–H and O–H groups in total. The van der Waals surface area contributed by atoms with Crippen molar-refractivity contribution in [1.82, 2.24) is 10.6 Å². The van der Waals surface area contributed by atoms with Gasteiger partial charge in [0.15, 0.2) is 0 Å². The number of hydrogen-bond donors (Lipinski definition) is 2. The zero-order chi connectivity index (χ0) is 10.4. The van der Waals surface area contributed by atoms with Gasteiger partial charge in [0.1, 0.15) is 0 Å². The van der Waals surface area contributed by atoms with Crippen molar-refractivity contribution in [3.05, 3.63) is 0 Å². The van der Waals surface area contributed by atoms with Crippen molar-refractivity contribution in [3.63, 3.8) is 0 Å². The minimum absolute atomic E-state index is 0.0727. The van der Waals surface area contributed by atoms with E-state index in [0.29, 0.717) is 18.9 Å². The number of amides is 1. The summed E-state index contributed by atoms with van der Waals surface area (Å²) in [4.78, 5) is 11.4. The standard InChI is InChI=1S/C11H18N2O/c1-3-4-7-11(14)13-10-6-5-8-12-9(10)2/h1,9-10,12H,4-8H2,2H3,(H,13,14)/t9-,10-/m0/s1. The zero-order valence-electron chi connectivity index (χ0n) is 8.68. The first-order chi connectivity index (χ1) is 6.74. The van der Waals surface area contributed by atoms with Gasteiger partial charge in [0.2, 0.25) is 5.91 Å². The van der Waals surface area contributed by atoms with Gasteiger partial charge in [0, 0.05) is 24.9 Å². The van der Waals surface area contributed by atoms with E-state index in [9.17, 15) is 4.79 Å². The summed E-state index contributed by atoms with van der Waals surface area (Å²) >= 11 is 0. The Hall–Kier alpha value is -1.01. The molecule has 1 rings (SSSR count). The Morgan fingerprint density at radius 2 is 2.50 bits per heavy atom. The largest absolute Gasteiger partial charge is 0.352 e. The fourth-order valence-corrected chi connectivity index (χ4v) is 1.71. The van der Waals surface area contributed by atoms with Gasteiger partial charge in [-0.25, -0.2) is 0 Å². The summed E-state index contributed by atoms with van der Waals surface area (Å²) in [7, 11) is 0. The molecule has 0 saturated carbocycles. The van der Waals surface area contributed by atoms with Crippen LogP contribution in [0.5, 0.6) is 0 Å². The van der Waals surface area contributed by atoms with Gasteiger partial charge in [0.25, 0.3) is 0 Å². The second kappa shape index (κ2) is 5.66. The van der Waals surface area contributed by atoms with E-state index in [4.69, 9.17) is 6.42 Å². The lowest BCUT2D eigenvalue weighted by Gasteiger charge is -2.30. The fourth-order valence-electron chi connectivity index (χ4n) is 1.71. The molecule has 1 saturated heterocycles. The fraction of sp³-hybridized carbons (Fsp3) is 0.727. The molecule has 3 nitrogen and oxygen atoms in total. The van der Waals surface area contributed by atoms with Gasteiger partial charge < -0.3 is 10.6 Å². The Kier molecular flexibility index (Phi) is 4.48. The molecule has 1 aliphatic rings. The molecule has 0 bridgehead atoms. The summed E-state index contributed by atoms with van der Waals surface area (Å²) in [6.07, 6.45) is 8.26. The van der Waals surface area contributed by atoms with E-state index in [-0.39, 0.29) is 11.9 Å². The molecule has 0 spiro atoms. The Morgan fingerprint density at radius 3 is 3.14 bits per heavy atom. The SMILES string of the molecule is C#CCCC(=O)N[C@H]1CCCN[C@H]1C. The zero-order valence-corrected chi connectivity index (χ0v) is 8.68. The van der Waals surface area contributed by atoms with Crippen molar-refractivity contribution in [2.24, 2.45) is 0 Å². The van der Waals surface area contributed by atoms with Crippen molar-refractivity contribution >= 4 is 5.91 Å². The third kappa shape index (κ3) is 3.39. The molecule has 1 fully saturated rings. The molecule has 1 amide bonds. The molecule has 0 aromatic carbocycles.